The first kappa shape index (κ1) is 37.1. The molecule has 1 fully saturated rings. The zero-order valence-corrected chi connectivity index (χ0v) is 24.1. The van der Waals surface area contributed by atoms with Crippen molar-refractivity contribution in [3.63, 3.8) is 0 Å². The number of likely N-dealkylation sites (tertiary alicyclic amines) is 1. The normalized spacial score (nSPS) is 19.0. The van der Waals surface area contributed by atoms with Crippen molar-refractivity contribution in [2.75, 3.05) is 86.2 Å². The van der Waals surface area contributed by atoms with E-state index in [9.17, 15) is 49.5 Å². The van der Waals surface area contributed by atoms with Gasteiger partial charge in [-0.1, -0.05) is 6.42 Å². The summed E-state index contributed by atoms with van der Waals surface area (Å²) >= 11 is 0. The summed E-state index contributed by atoms with van der Waals surface area (Å²) in [7, 11) is 2.79. The molecule has 0 aliphatic carbocycles. The molecule has 4 atom stereocenters. The van der Waals surface area contributed by atoms with Crippen molar-refractivity contribution in [1.82, 2.24) is 24.5 Å². The first-order valence-electron chi connectivity index (χ1n) is 13.6. The Morgan fingerprint density at radius 3 is 1.38 bits per heavy atom. The number of nitrogens with zero attached hydrogens (tertiary/aromatic N) is 5. The number of hydrogen-bond acceptors (Lipinski definition) is 12. The second-order valence-corrected chi connectivity index (χ2v) is 10.7. The number of carboxylic acids is 3. The second kappa shape index (κ2) is 18.6. The summed E-state index contributed by atoms with van der Waals surface area (Å²) in [6.45, 7) is -3.58. The van der Waals surface area contributed by atoms with Crippen molar-refractivity contribution in [3.05, 3.63) is 0 Å². The Kier molecular flexibility index (Phi) is 16.4. The van der Waals surface area contributed by atoms with E-state index in [0.717, 1.165) is 9.80 Å². The minimum absolute atomic E-state index is 0.0118. The van der Waals surface area contributed by atoms with Gasteiger partial charge in [0, 0.05) is 52.4 Å². The lowest BCUT2D eigenvalue weighted by Gasteiger charge is -2.44. The molecule has 17 heteroatoms. The Morgan fingerprint density at radius 2 is 1.07 bits per heavy atom. The Balaban J connectivity index is 3.11. The van der Waals surface area contributed by atoms with Crippen molar-refractivity contribution in [2.45, 2.75) is 43.6 Å². The van der Waals surface area contributed by atoms with Gasteiger partial charge in [0.25, 0.3) is 0 Å². The predicted octanol–water partition coefficient (Wildman–Crippen LogP) is -4.31. The van der Waals surface area contributed by atoms with Crippen molar-refractivity contribution in [1.29, 1.82) is 0 Å². The van der Waals surface area contributed by atoms with E-state index in [1.165, 1.54) is 23.9 Å². The van der Waals surface area contributed by atoms with Crippen LogP contribution in [0.25, 0.3) is 0 Å². The summed E-state index contributed by atoms with van der Waals surface area (Å²) in [5.41, 5.74) is 0. The zero-order valence-electron chi connectivity index (χ0n) is 24.1. The SMILES string of the molecule is CN(CC(O)CO)C(=O)CN(CC(=O)O)CC1CCCC(CN(CC(=O)O)CC(=O)N(C)CC(O)CO)N1CC(=O)O. The van der Waals surface area contributed by atoms with Crippen LogP contribution in [0.3, 0.4) is 0 Å². The number of aliphatic hydroxyl groups is 4. The number of aliphatic carboxylic acids is 3. The van der Waals surface area contributed by atoms with Gasteiger partial charge < -0.3 is 45.5 Å². The molecule has 17 nitrogen and oxygen atoms in total. The second-order valence-electron chi connectivity index (χ2n) is 10.7. The number of amides is 2. The largest absolute Gasteiger partial charge is 0.480 e. The van der Waals surface area contributed by atoms with Crippen LogP contribution in [0.5, 0.6) is 0 Å². The molecule has 0 aromatic rings. The van der Waals surface area contributed by atoms with Crippen LogP contribution in [-0.2, 0) is 24.0 Å². The highest BCUT2D eigenvalue weighted by Crippen LogP contribution is 2.25. The standard InChI is InChI=1S/C25H45N5O12/c1-26(8-19(33)15-31)21(35)10-28(12-23(37)38)6-17-4-3-5-18(30(17)14-25(41)42)7-29(13-24(39)40)11-22(36)27(2)9-20(34)16-32/h17-20,31-34H,3-16H2,1-2H3,(H,37,38)(H,39,40)(H,41,42). The van der Waals surface area contributed by atoms with Crippen LogP contribution in [0.4, 0.5) is 0 Å². The molecule has 1 heterocycles. The molecule has 1 saturated heterocycles. The van der Waals surface area contributed by atoms with Gasteiger partial charge in [-0.25, -0.2) is 0 Å². The highest BCUT2D eigenvalue weighted by atomic mass is 16.4. The molecule has 42 heavy (non-hydrogen) atoms. The summed E-state index contributed by atoms with van der Waals surface area (Å²) in [4.78, 5) is 67.0. The lowest BCUT2D eigenvalue weighted by atomic mass is 9.94. The highest BCUT2D eigenvalue weighted by molar-refractivity contribution is 5.79. The van der Waals surface area contributed by atoms with Crippen LogP contribution in [-0.4, -0.2) is 200 Å². The number of carbonyl (C=O) groups excluding carboxylic acids is 2. The fraction of sp³-hybridized carbons (Fsp3) is 0.800. The number of rotatable bonds is 20. The fourth-order valence-electron chi connectivity index (χ4n) is 4.95. The Labute approximate surface area is 244 Å². The van der Waals surface area contributed by atoms with Crippen molar-refractivity contribution in [2.24, 2.45) is 0 Å². The van der Waals surface area contributed by atoms with Crippen molar-refractivity contribution >= 4 is 29.7 Å². The molecule has 0 aromatic carbocycles. The zero-order chi connectivity index (χ0) is 32.0. The maximum atomic E-state index is 12.7. The van der Waals surface area contributed by atoms with E-state index in [0.29, 0.717) is 19.3 Å². The number of carboxylic acid groups (broad SMARTS) is 3. The topological polar surface area (TPSA) is 243 Å². The Morgan fingerprint density at radius 1 is 0.690 bits per heavy atom. The van der Waals surface area contributed by atoms with E-state index in [4.69, 9.17) is 10.2 Å². The molecule has 1 aliphatic rings. The molecule has 2 amide bonds. The van der Waals surface area contributed by atoms with Crippen LogP contribution in [0.15, 0.2) is 0 Å². The van der Waals surface area contributed by atoms with E-state index in [-0.39, 0.29) is 39.3 Å². The molecule has 4 unspecified atom stereocenters. The third-order valence-corrected chi connectivity index (χ3v) is 6.95. The summed E-state index contributed by atoms with van der Waals surface area (Å²) < 4.78 is 0. The van der Waals surface area contributed by atoms with Gasteiger partial charge in [-0.3, -0.25) is 38.7 Å². The van der Waals surface area contributed by atoms with Crippen molar-refractivity contribution in [3.8, 4) is 0 Å². The van der Waals surface area contributed by atoms with Crippen molar-refractivity contribution < 1.29 is 59.7 Å². The molecule has 0 saturated carbocycles. The summed E-state index contributed by atoms with van der Waals surface area (Å²) in [5.74, 6) is -4.60. The molecular formula is C25H45N5O12. The smallest absolute Gasteiger partial charge is 0.317 e. The third-order valence-electron chi connectivity index (χ3n) is 6.95. The maximum Gasteiger partial charge on any atom is 0.317 e. The highest BCUT2D eigenvalue weighted by Gasteiger charge is 2.35. The van der Waals surface area contributed by atoms with Crippen LogP contribution in [0.1, 0.15) is 19.3 Å². The molecular weight excluding hydrogens is 562 g/mol. The Bertz CT molecular complexity index is 847. The first-order chi connectivity index (χ1) is 19.7. The summed E-state index contributed by atoms with van der Waals surface area (Å²) in [6, 6.07) is -1.02. The average molecular weight is 608 g/mol. The monoisotopic (exact) mass is 607 g/mol. The van der Waals surface area contributed by atoms with Crippen LogP contribution in [0, 0.1) is 0 Å². The molecule has 242 valence electrons. The van der Waals surface area contributed by atoms with Gasteiger partial charge in [-0.2, -0.15) is 0 Å². The minimum atomic E-state index is -1.21. The number of likely N-dealkylation sites (N-methyl/N-ethyl adjacent to an activating group) is 2. The molecule has 7 N–H and O–H groups in total. The van der Waals surface area contributed by atoms with Gasteiger partial charge in [0.05, 0.1) is 58.1 Å². The average Bonchev–Trinajstić information content (AvgIpc) is 2.88. The summed E-state index contributed by atoms with van der Waals surface area (Å²) in [5, 5.41) is 65.8. The predicted molar refractivity (Wildman–Crippen MR) is 145 cm³/mol. The van der Waals surface area contributed by atoms with Crippen LogP contribution >= 0.6 is 0 Å². The minimum Gasteiger partial charge on any atom is -0.480 e. The fourth-order valence-corrected chi connectivity index (χ4v) is 4.95. The van der Waals surface area contributed by atoms with E-state index in [2.05, 4.69) is 0 Å². The third kappa shape index (κ3) is 13.8. The van der Waals surface area contributed by atoms with Gasteiger partial charge >= 0.3 is 17.9 Å². The van der Waals surface area contributed by atoms with Crippen LogP contribution in [0.2, 0.25) is 0 Å². The van der Waals surface area contributed by atoms with Gasteiger partial charge in [0.2, 0.25) is 11.8 Å². The Hall–Kier alpha value is -2.93. The molecule has 0 bridgehead atoms. The van der Waals surface area contributed by atoms with Gasteiger partial charge in [-0.05, 0) is 12.8 Å². The van der Waals surface area contributed by atoms with E-state index < -0.39 is 86.9 Å². The molecule has 1 rings (SSSR count). The van der Waals surface area contributed by atoms with E-state index >= 15 is 0 Å². The molecule has 0 aromatic heterocycles. The van der Waals surface area contributed by atoms with Gasteiger partial charge in [0.15, 0.2) is 0 Å². The number of carbonyl (C=O) groups is 5. The quantitative estimate of drug-likeness (QED) is 0.0692. The number of hydrogen-bond donors (Lipinski definition) is 7. The first-order valence-corrected chi connectivity index (χ1v) is 13.6. The molecule has 0 radical (unpaired) electrons. The van der Waals surface area contributed by atoms with Gasteiger partial charge in [0.1, 0.15) is 0 Å². The maximum absolute atomic E-state index is 12.7. The van der Waals surface area contributed by atoms with Gasteiger partial charge in [-0.15, -0.1) is 0 Å². The summed E-state index contributed by atoms with van der Waals surface area (Å²) in [6.07, 6.45) is -0.783. The molecule has 0 spiro atoms. The number of aliphatic hydroxyl groups excluding tert-OH is 4. The lowest BCUT2D eigenvalue weighted by molar-refractivity contribution is -0.144. The molecule has 1 aliphatic heterocycles. The lowest BCUT2D eigenvalue weighted by Crippen LogP contribution is -2.58. The van der Waals surface area contributed by atoms with E-state index in [1.807, 2.05) is 0 Å². The van der Waals surface area contributed by atoms with Crippen LogP contribution < -0.4 is 0 Å². The number of piperidine rings is 1. The van der Waals surface area contributed by atoms with E-state index in [1.54, 1.807) is 4.90 Å².